The van der Waals surface area contributed by atoms with Crippen molar-refractivity contribution in [1.82, 2.24) is 0 Å². The van der Waals surface area contributed by atoms with Gasteiger partial charge in [0.2, 0.25) is 0 Å². The minimum atomic E-state index is -1.65. The van der Waals surface area contributed by atoms with E-state index in [-0.39, 0.29) is 21.4 Å². The van der Waals surface area contributed by atoms with Gasteiger partial charge in [-0.1, -0.05) is 0 Å². The Morgan fingerprint density at radius 1 is 1.10 bits per heavy atom. The zero-order chi connectivity index (χ0) is 21.3. The fourth-order valence-electron chi connectivity index (χ4n) is 3.23. The molecule has 1 amide bonds. The number of rotatable bonds is 5. The molecule has 9 heteroatoms. The monoisotopic (exact) mass is 427 g/mol. The lowest BCUT2D eigenvalue weighted by atomic mass is 9.89. The van der Waals surface area contributed by atoms with E-state index in [2.05, 4.69) is 5.32 Å². The van der Waals surface area contributed by atoms with Gasteiger partial charge in [-0.05, 0) is 44.4 Å². The first kappa shape index (κ1) is 21.2. The molecule has 1 saturated carbocycles. The molecule has 2 N–H and O–H groups in total. The van der Waals surface area contributed by atoms with Crippen LogP contribution in [0, 0.1) is 28.7 Å². The molecule has 2 unspecified atom stereocenters. The fourth-order valence-corrected chi connectivity index (χ4v) is 4.65. The van der Waals surface area contributed by atoms with Crippen molar-refractivity contribution >= 4 is 29.3 Å². The van der Waals surface area contributed by atoms with Gasteiger partial charge in [-0.25, -0.2) is 17.6 Å². The highest BCUT2D eigenvalue weighted by molar-refractivity contribution is 8.00. The average Bonchev–Trinajstić information content (AvgIpc) is 3.03. The topological polar surface area (TPSA) is 66.4 Å². The van der Waals surface area contributed by atoms with Gasteiger partial charge in [-0.15, -0.1) is 11.8 Å². The first-order valence-corrected chi connectivity index (χ1v) is 9.62. The number of carboxylic acids is 1. The Hall–Kier alpha value is -2.55. The van der Waals surface area contributed by atoms with Gasteiger partial charge in [-0.2, -0.15) is 0 Å². The Morgan fingerprint density at radius 3 is 2.34 bits per heavy atom. The molecule has 2 aromatic rings. The lowest BCUT2D eigenvalue weighted by molar-refractivity contribution is -0.147. The molecule has 4 nitrogen and oxygen atoms in total. The molecule has 154 valence electrons. The SMILES string of the molecule is CC1(C(=O)O)CCC(Sc2cc(C(=O)Nc3cc(F)c(F)c(F)c3)ccc2F)C1. The van der Waals surface area contributed by atoms with Crippen molar-refractivity contribution in [3.8, 4) is 0 Å². The Labute approximate surface area is 168 Å². The zero-order valence-corrected chi connectivity index (χ0v) is 16.1. The molecule has 1 fully saturated rings. The van der Waals surface area contributed by atoms with E-state index < -0.39 is 40.6 Å². The van der Waals surface area contributed by atoms with Crippen LogP contribution in [0.1, 0.15) is 36.5 Å². The number of carbonyl (C=O) groups excluding carboxylic acids is 1. The van der Waals surface area contributed by atoms with E-state index in [1.54, 1.807) is 6.92 Å². The third kappa shape index (κ3) is 4.55. The van der Waals surface area contributed by atoms with Gasteiger partial charge in [-0.3, -0.25) is 9.59 Å². The minimum absolute atomic E-state index is 0.0398. The van der Waals surface area contributed by atoms with Crippen LogP contribution in [0.15, 0.2) is 35.2 Å². The van der Waals surface area contributed by atoms with E-state index in [4.69, 9.17) is 0 Å². The summed E-state index contributed by atoms with van der Waals surface area (Å²) in [5.74, 6) is -6.74. The summed E-state index contributed by atoms with van der Waals surface area (Å²) in [4.78, 5) is 23.9. The molecule has 3 rings (SSSR count). The van der Waals surface area contributed by atoms with Gasteiger partial charge in [0, 0.05) is 33.5 Å². The smallest absolute Gasteiger partial charge is 0.309 e. The average molecular weight is 427 g/mol. The van der Waals surface area contributed by atoms with Crippen LogP contribution in [0.25, 0.3) is 0 Å². The Morgan fingerprint density at radius 2 is 1.76 bits per heavy atom. The molecule has 0 radical (unpaired) electrons. The predicted octanol–water partition coefficient (Wildman–Crippen LogP) is 5.23. The van der Waals surface area contributed by atoms with Crippen molar-refractivity contribution < 1.29 is 32.3 Å². The van der Waals surface area contributed by atoms with Crippen LogP contribution >= 0.6 is 11.8 Å². The molecular formula is C20H17F4NO3S. The van der Waals surface area contributed by atoms with Crippen LogP contribution in [-0.2, 0) is 4.79 Å². The predicted molar refractivity (Wildman–Crippen MR) is 99.9 cm³/mol. The quantitative estimate of drug-likeness (QED) is 0.507. The number of benzene rings is 2. The van der Waals surface area contributed by atoms with Gasteiger partial charge >= 0.3 is 5.97 Å². The number of thioether (sulfide) groups is 1. The molecular weight excluding hydrogens is 410 g/mol. The number of hydrogen-bond donors (Lipinski definition) is 2. The van der Waals surface area contributed by atoms with Gasteiger partial charge in [0.05, 0.1) is 5.41 Å². The van der Waals surface area contributed by atoms with Crippen LogP contribution in [0.2, 0.25) is 0 Å². The molecule has 1 aliphatic rings. The van der Waals surface area contributed by atoms with Crippen molar-refractivity contribution in [2.75, 3.05) is 5.32 Å². The maximum Gasteiger partial charge on any atom is 0.309 e. The molecule has 29 heavy (non-hydrogen) atoms. The zero-order valence-electron chi connectivity index (χ0n) is 15.3. The number of amides is 1. The second-order valence-corrected chi connectivity index (χ2v) is 8.54. The molecule has 0 heterocycles. The summed E-state index contributed by atoms with van der Waals surface area (Å²) in [6, 6.07) is 4.87. The maximum atomic E-state index is 14.2. The number of nitrogens with one attached hydrogen (secondary N) is 1. The van der Waals surface area contributed by atoms with Crippen LogP contribution in [0.3, 0.4) is 0 Å². The molecule has 1 aliphatic carbocycles. The highest BCUT2D eigenvalue weighted by Crippen LogP contribution is 2.45. The first-order valence-electron chi connectivity index (χ1n) is 8.74. The van der Waals surface area contributed by atoms with Gasteiger partial charge in [0.1, 0.15) is 5.82 Å². The summed E-state index contributed by atoms with van der Waals surface area (Å²) in [5, 5.41) is 11.4. The Bertz CT molecular complexity index is 961. The van der Waals surface area contributed by atoms with E-state index in [9.17, 15) is 32.3 Å². The highest BCUT2D eigenvalue weighted by Gasteiger charge is 2.41. The van der Waals surface area contributed by atoms with E-state index in [1.807, 2.05) is 0 Å². The number of carboxylic acid groups (broad SMARTS) is 1. The Balaban J connectivity index is 1.75. The van der Waals surface area contributed by atoms with Crippen molar-refractivity contribution in [3.05, 3.63) is 59.2 Å². The highest BCUT2D eigenvalue weighted by atomic mass is 32.2. The standard InChI is InChI=1S/C20H17F4NO3S/c1-20(19(27)28)5-4-12(9-20)29-16-6-10(2-3-13(16)21)18(26)25-11-7-14(22)17(24)15(23)8-11/h2-3,6-8,12H,4-5,9H2,1H3,(H,25,26)(H,27,28). The van der Waals surface area contributed by atoms with Crippen molar-refractivity contribution in [3.63, 3.8) is 0 Å². The lowest BCUT2D eigenvalue weighted by Gasteiger charge is -2.18. The molecule has 0 aromatic heterocycles. The number of anilines is 1. The second kappa shape index (κ2) is 8.06. The van der Waals surface area contributed by atoms with Crippen LogP contribution in [0.5, 0.6) is 0 Å². The summed E-state index contributed by atoms with van der Waals surface area (Å²) in [7, 11) is 0. The van der Waals surface area contributed by atoms with Crippen LogP contribution < -0.4 is 5.32 Å². The molecule has 2 atom stereocenters. The van der Waals surface area contributed by atoms with E-state index in [1.165, 1.54) is 12.1 Å². The summed E-state index contributed by atoms with van der Waals surface area (Å²) < 4.78 is 53.8. The van der Waals surface area contributed by atoms with Crippen LogP contribution in [-0.4, -0.2) is 22.2 Å². The molecule has 0 bridgehead atoms. The molecule has 0 spiro atoms. The fraction of sp³-hybridized carbons (Fsp3) is 0.300. The maximum absolute atomic E-state index is 14.2. The number of carbonyl (C=O) groups is 2. The molecule has 0 aliphatic heterocycles. The first-order chi connectivity index (χ1) is 13.6. The Kier molecular flexibility index (Phi) is 5.88. The summed E-state index contributed by atoms with van der Waals surface area (Å²) in [6.45, 7) is 1.65. The van der Waals surface area contributed by atoms with Crippen molar-refractivity contribution in [1.29, 1.82) is 0 Å². The van der Waals surface area contributed by atoms with Gasteiger partial charge < -0.3 is 10.4 Å². The second-order valence-electron chi connectivity index (χ2n) is 7.20. The van der Waals surface area contributed by atoms with Crippen molar-refractivity contribution in [2.45, 2.75) is 36.3 Å². The third-order valence-corrected chi connectivity index (χ3v) is 6.24. The lowest BCUT2D eigenvalue weighted by Crippen LogP contribution is -2.24. The largest absolute Gasteiger partial charge is 0.481 e. The number of hydrogen-bond acceptors (Lipinski definition) is 3. The van der Waals surface area contributed by atoms with Gasteiger partial charge in [0.15, 0.2) is 17.5 Å². The minimum Gasteiger partial charge on any atom is -0.481 e. The summed E-state index contributed by atoms with van der Waals surface area (Å²) in [5.41, 5.74) is -1.10. The normalized spacial score (nSPS) is 21.2. The van der Waals surface area contributed by atoms with Crippen molar-refractivity contribution in [2.24, 2.45) is 5.41 Å². The van der Waals surface area contributed by atoms with E-state index in [0.29, 0.717) is 31.4 Å². The van der Waals surface area contributed by atoms with Crippen LogP contribution in [0.4, 0.5) is 23.2 Å². The summed E-state index contributed by atoms with van der Waals surface area (Å²) >= 11 is 1.15. The molecule has 2 aromatic carbocycles. The van der Waals surface area contributed by atoms with Gasteiger partial charge in [0.25, 0.3) is 5.91 Å². The summed E-state index contributed by atoms with van der Waals surface area (Å²) in [6.07, 6.45) is 1.44. The number of halogens is 4. The number of aliphatic carboxylic acids is 1. The van der Waals surface area contributed by atoms with E-state index in [0.717, 1.165) is 17.8 Å². The molecule has 0 saturated heterocycles. The third-order valence-electron chi connectivity index (χ3n) is 4.94. The van der Waals surface area contributed by atoms with E-state index >= 15 is 0 Å².